The van der Waals surface area contributed by atoms with Crippen LogP contribution >= 0.6 is 22.6 Å². The minimum absolute atomic E-state index is 0.589. The van der Waals surface area contributed by atoms with E-state index >= 15 is 0 Å². The van der Waals surface area contributed by atoms with Gasteiger partial charge in [0, 0.05) is 9.61 Å². The maximum Gasteiger partial charge on any atom is 0.0130 e. The average molecular weight is 374 g/mol. The largest absolute Gasteiger partial charge is 0.314 e. The first-order chi connectivity index (χ1) is 9.19. The van der Waals surface area contributed by atoms with Crippen molar-refractivity contribution in [2.45, 2.75) is 39.7 Å². The molecule has 1 aromatic carbocycles. The van der Waals surface area contributed by atoms with E-state index in [0.29, 0.717) is 6.04 Å². The maximum absolute atomic E-state index is 3.62. The summed E-state index contributed by atoms with van der Waals surface area (Å²) < 4.78 is 1.31. The fourth-order valence-electron chi connectivity index (χ4n) is 2.35. The Kier molecular flexibility index (Phi) is 8.66. The van der Waals surface area contributed by atoms with Crippen molar-refractivity contribution in [1.29, 1.82) is 0 Å². The van der Waals surface area contributed by atoms with Crippen molar-refractivity contribution in [3.8, 4) is 0 Å². The molecule has 0 spiro atoms. The number of hydrogen-bond acceptors (Lipinski definition) is 2. The predicted octanol–water partition coefficient (Wildman–Crippen LogP) is 3.54. The van der Waals surface area contributed by atoms with E-state index in [-0.39, 0.29) is 0 Å². The van der Waals surface area contributed by atoms with Gasteiger partial charge in [-0.2, -0.15) is 0 Å². The summed E-state index contributed by atoms with van der Waals surface area (Å²) in [5.41, 5.74) is 1.44. The van der Waals surface area contributed by atoms with Gasteiger partial charge >= 0.3 is 0 Å². The number of halogens is 1. The molecule has 0 saturated carbocycles. The molecule has 0 aliphatic heterocycles. The Morgan fingerprint density at radius 1 is 1.11 bits per heavy atom. The standard InChI is InChI=1S/C16H27IN2/c1-4-18-16(11-12-19(5-2)6-3)13-14-7-9-15(17)10-8-14/h7-10,16,18H,4-6,11-13H2,1-3H3. The molecule has 0 heterocycles. The van der Waals surface area contributed by atoms with E-state index in [1.807, 2.05) is 0 Å². The molecule has 0 amide bonds. The van der Waals surface area contributed by atoms with Crippen LogP contribution in [-0.2, 0) is 6.42 Å². The second-order valence-corrected chi connectivity index (χ2v) is 6.15. The van der Waals surface area contributed by atoms with E-state index < -0.39 is 0 Å². The van der Waals surface area contributed by atoms with Crippen LogP contribution < -0.4 is 5.32 Å². The third kappa shape index (κ3) is 6.72. The Hall–Kier alpha value is -0.130. The van der Waals surface area contributed by atoms with Gasteiger partial charge in [-0.15, -0.1) is 0 Å². The van der Waals surface area contributed by atoms with Gasteiger partial charge in [-0.25, -0.2) is 0 Å². The van der Waals surface area contributed by atoms with Crippen LogP contribution in [0.4, 0.5) is 0 Å². The van der Waals surface area contributed by atoms with Crippen LogP contribution in [0.3, 0.4) is 0 Å². The molecule has 108 valence electrons. The Labute approximate surface area is 132 Å². The molecule has 3 heteroatoms. The number of rotatable bonds is 9. The summed E-state index contributed by atoms with van der Waals surface area (Å²) in [6.45, 7) is 11.2. The third-order valence-corrected chi connectivity index (χ3v) is 4.30. The van der Waals surface area contributed by atoms with Gasteiger partial charge in [0.25, 0.3) is 0 Å². The van der Waals surface area contributed by atoms with Crippen molar-refractivity contribution in [3.05, 3.63) is 33.4 Å². The van der Waals surface area contributed by atoms with E-state index in [1.165, 1.54) is 22.1 Å². The molecule has 0 bridgehead atoms. The fourth-order valence-corrected chi connectivity index (χ4v) is 2.71. The minimum Gasteiger partial charge on any atom is -0.314 e. The van der Waals surface area contributed by atoms with Crippen LogP contribution in [-0.4, -0.2) is 37.1 Å². The quantitative estimate of drug-likeness (QED) is 0.666. The van der Waals surface area contributed by atoms with E-state index in [4.69, 9.17) is 0 Å². The van der Waals surface area contributed by atoms with Gasteiger partial charge in [-0.3, -0.25) is 0 Å². The van der Waals surface area contributed by atoms with Gasteiger partial charge in [0.15, 0.2) is 0 Å². The molecule has 0 fully saturated rings. The molecule has 0 aliphatic rings. The molecule has 19 heavy (non-hydrogen) atoms. The van der Waals surface area contributed by atoms with Crippen molar-refractivity contribution < 1.29 is 0 Å². The van der Waals surface area contributed by atoms with Gasteiger partial charge in [0.1, 0.15) is 0 Å². The number of hydrogen-bond donors (Lipinski definition) is 1. The zero-order valence-electron chi connectivity index (χ0n) is 12.5. The van der Waals surface area contributed by atoms with E-state index in [2.05, 4.69) is 77.8 Å². The van der Waals surface area contributed by atoms with Gasteiger partial charge in [0.05, 0.1) is 0 Å². The monoisotopic (exact) mass is 374 g/mol. The molecule has 1 N–H and O–H groups in total. The van der Waals surface area contributed by atoms with E-state index in [9.17, 15) is 0 Å². The van der Waals surface area contributed by atoms with E-state index in [1.54, 1.807) is 0 Å². The third-order valence-electron chi connectivity index (χ3n) is 3.58. The average Bonchev–Trinajstić information content (AvgIpc) is 2.42. The predicted molar refractivity (Wildman–Crippen MR) is 92.7 cm³/mol. The first-order valence-electron chi connectivity index (χ1n) is 7.39. The fraction of sp³-hybridized carbons (Fsp3) is 0.625. The Balaban J connectivity index is 2.49. The van der Waals surface area contributed by atoms with Crippen LogP contribution in [0.2, 0.25) is 0 Å². The van der Waals surface area contributed by atoms with Gasteiger partial charge in [-0.05, 0) is 79.3 Å². The summed E-state index contributed by atoms with van der Waals surface area (Å²) in [5.74, 6) is 0. The summed E-state index contributed by atoms with van der Waals surface area (Å²) in [4.78, 5) is 2.50. The number of likely N-dealkylation sites (N-methyl/N-ethyl adjacent to an activating group) is 1. The van der Waals surface area contributed by atoms with Crippen LogP contribution in [0.15, 0.2) is 24.3 Å². The molecule has 1 atom stereocenters. The molecular weight excluding hydrogens is 347 g/mol. The van der Waals surface area contributed by atoms with E-state index in [0.717, 1.165) is 26.1 Å². The van der Waals surface area contributed by atoms with Crippen molar-refractivity contribution >= 4 is 22.6 Å². The summed E-state index contributed by atoms with van der Waals surface area (Å²) in [6.07, 6.45) is 2.35. The SMILES string of the molecule is CCNC(CCN(CC)CC)Cc1ccc(I)cc1. The molecule has 1 aromatic rings. The molecule has 1 unspecified atom stereocenters. The van der Waals surface area contributed by atoms with Crippen molar-refractivity contribution in [3.63, 3.8) is 0 Å². The first-order valence-corrected chi connectivity index (χ1v) is 8.47. The highest BCUT2D eigenvalue weighted by molar-refractivity contribution is 14.1. The number of nitrogens with zero attached hydrogens (tertiary/aromatic N) is 1. The zero-order valence-corrected chi connectivity index (χ0v) is 14.6. The highest BCUT2D eigenvalue weighted by Gasteiger charge is 2.10. The lowest BCUT2D eigenvalue weighted by molar-refractivity contribution is 0.281. The van der Waals surface area contributed by atoms with Crippen molar-refractivity contribution in [1.82, 2.24) is 10.2 Å². The smallest absolute Gasteiger partial charge is 0.0130 e. The van der Waals surface area contributed by atoms with Crippen LogP contribution in [0.25, 0.3) is 0 Å². The summed E-state index contributed by atoms with van der Waals surface area (Å²) >= 11 is 2.36. The molecular formula is C16H27IN2. The second-order valence-electron chi connectivity index (χ2n) is 4.90. The second kappa shape index (κ2) is 9.72. The number of nitrogens with one attached hydrogen (secondary N) is 1. The number of benzene rings is 1. The molecule has 0 aromatic heterocycles. The Bertz CT molecular complexity index is 333. The van der Waals surface area contributed by atoms with Crippen molar-refractivity contribution in [2.75, 3.05) is 26.2 Å². The summed E-state index contributed by atoms with van der Waals surface area (Å²) in [5, 5.41) is 3.62. The van der Waals surface area contributed by atoms with Gasteiger partial charge in [-0.1, -0.05) is 32.9 Å². The Morgan fingerprint density at radius 2 is 1.74 bits per heavy atom. The lowest BCUT2D eigenvalue weighted by atomic mass is 10.0. The molecule has 2 nitrogen and oxygen atoms in total. The highest BCUT2D eigenvalue weighted by atomic mass is 127. The molecule has 0 radical (unpaired) electrons. The molecule has 0 aliphatic carbocycles. The van der Waals surface area contributed by atoms with Gasteiger partial charge in [0.2, 0.25) is 0 Å². The normalized spacial score (nSPS) is 12.9. The zero-order chi connectivity index (χ0) is 14.1. The summed E-state index contributed by atoms with van der Waals surface area (Å²) in [6, 6.07) is 9.49. The van der Waals surface area contributed by atoms with Gasteiger partial charge < -0.3 is 10.2 Å². The minimum atomic E-state index is 0.589. The van der Waals surface area contributed by atoms with Crippen LogP contribution in [0, 0.1) is 3.57 Å². The molecule has 1 rings (SSSR count). The molecule has 0 saturated heterocycles. The van der Waals surface area contributed by atoms with Crippen molar-refractivity contribution in [2.24, 2.45) is 0 Å². The first kappa shape index (κ1) is 16.9. The topological polar surface area (TPSA) is 15.3 Å². The Morgan fingerprint density at radius 3 is 2.26 bits per heavy atom. The maximum atomic E-state index is 3.62. The lowest BCUT2D eigenvalue weighted by Crippen LogP contribution is -2.35. The lowest BCUT2D eigenvalue weighted by Gasteiger charge is -2.23. The summed E-state index contributed by atoms with van der Waals surface area (Å²) in [7, 11) is 0. The van der Waals surface area contributed by atoms with Crippen LogP contribution in [0.5, 0.6) is 0 Å². The highest BCUT2D eigenvalue weighted by Crippen LogP contribution is 2.10. The van der Waals surface area contributed by atoms with Crippen LogP contribution in [0.1, 0.15) is 32.8 Å².